The summed E-state index contributed by atoms with van der Waals surface area (Å²) in [5.41, 5.74) is 1.29. The maximum atomic E-state index is 12.4. The molecule has 0 unspecified atom stereocenters. The molecule has 2 amide bonds. The molecule has 7 heteroatoms. The smallest absolute Gasteiger partial charge is 0.320 e. The average molecular weight is 364 g/mol. The van der Waals surface area contributed by atoms with Crippen LogP contribution in [0.2, 0.25) is 0 Å². The highest BCUT2D eigenvalue weighted by Crippen LogP contribution is 2.26. The van der Waals surface area contributed by atoms with Gasteiger partial charge in [0, 0.05) is 5.56 Å². The lowest BCUT2D eigenvalue weighted by Crippen LogP contribution is -2.30. The minimum absolute atomic E-state index is 0.0660. The van der Waals surface area contributed by atoms with E-state index in [1.165, 1.54) is 18.2 Å². The van der Waals surface area contributed by atoms with Crippen molar-refractivity contribution in [3.63, 3.8) is 0 Å². The third-order valence-electron chi connectivity index (χ3n) is 3.69. The van der Waals surface area contributed by atoms with Gasteiger partial charge < -0.3 is 10.6 Å². The van der Waals surface area contributed by atoms with Crippen LogP contribution in [0.1, 0.15) is 36.7 Å². The van der Waals surface area contributed by atoms with Gasteiger partial charge in [0.1, 0.15) is 0 Å². The summed E-state index contributed by atoms with van der Waals surface area (Å²) >= 11 is 0. The van der Waals surface area contributed by atoms with Gasteiger partial charge in [-0.15, -0.1) is 0 Å². The second-order valence-electron chi connectivity index (χ2n) is 6.78. The van der Waals surface area contributed by atoms with Crippen molar-refractivity contribution in [2.75, 3.05) is 10.6 Å². The zero-order valence-electron chi connectivity index (χ0n) is 14.6. The maximum absolute atomic E-state index is 12.4. The van der Waals surface area contributed by atoms with E-state index in [0.29, 0.717) is 5.56 Å². The van der Waals surface area contributed by atoms with Gasteiger partial charge >= 0.3 is 12.1 Å². The summed E-state index contributed by atoms with van der Waals surface area (Å²) in [5.74, 6) is -2.59. The van der Waals surface area contributed by atoms with E-state index in [4.69, 9.17) is 0 Å². The van der Waals surface area contributed by atoms with Gasteiger partial charge in [-0.2, -0.15) is 13.2 Å². The molecular weight excluding hydrogens is 345 g/mol. The number of carbonyl (C=O) groups is 2. The molecule has 0 aliphatic carbocycles. The van der Waals surface area contributed by atoms with Crippen molar-refractivity contribution in [3.8, 4) is 0 Å². The molecule has 0 atom stereocenters. The molecule has 0 radical (unpaired) electrons. The van der Waals surface area contributed by atoms with Crippen molar-refractivity contribution >= 4 is 23.2 Å². The number of nitrogens with one attached hydrogen (secondary N) is 2. The summed E-state index contributed by atoms with van der Waals surface area (Å²) in [6, 6.07) is 12.6. The summed E-state index contributed by atoms with van der Waals surface area (Å²) in [6.07, 6.45) is -5.01. The topological polar surface area (TPSA) is 58.2 Å². The number of alkyl halides is 3. The highest BCUT2D eigenvalue weighted by molar-refractivity contribution is 6.07. The number of rotatable bonds is 3. The molecule has 4 nitrogen and oxygen atoms in total. The third kappa shape index (κ3) is 4.84. The van der Waals surface area contributed by atoms with E-state index in [-0.39, 0.29) is 16.8 Å². The Kier molecular flexibility index (Phi) is 5.39. The summed E-state index contributed by atoms with van der Waals surface area (Å²) < 4.78 is 37.3. The first-order valence-corrected chi connectivity index (χ1v) is 7.87. The normalized spacial score (nSPS) is 11.8. The van der Waals surface area contributed by atoms with Gasteiger partial charge in [0.05, 0.1) is 11.4 Å². The molecule has 2 rings (SSSR count). The third-order valence-corrected chi connectivity index (χ3v) is 3.69. The standard InChI is InChI=1S/C19H19F3N2O2/c1-18(2,3)13-10-8-12(9-11-13)16(25)23-14-6-4-5-7-15(14)24-17(26)19(20,21)22/h4-11H,1-3H3,(H,23,25)(H,24,26). The van der Waals surface area contributed by atoms with Crippen LogP contribution in [0.4, 0.5) is 24.5 Å². The van der Waals surface area contributed by atoms with Gasteiger partial charge in [-0.25, -0.2) is 0 Å². The molecule has 2 aromatic carbocycles. The number of carbonyl (C=O) groups excluding carboxylic acids is 2. The van der Waals surface area contributed by atoms with Gasteiger partial charge in [-0.05, 0) is 35.2 Å². The van der Waals surface area contributed by atoms with Crippen molar-refractivity contribution in [3.05, 3.63) is 59.7 Å². The van der Waals surface area contributed by atoms with Crippen LogP contribution < -0.4 is 10.6 Å². The van der Waals surface area contributed by atoms with E-state index in [0.717, 1.165) is 5.56 Å². The molecule has 0 aliphatic rings. The lowest BCUT2D eigenvalue weighted by molar-refractivity contribution is -0.167. The van der Waals surface area contributed by atoms with Gasteiger partial charge in [0.2, 0.25) is 0 Å². The van der Waals surface area contributed by atoms with Crippen molar-refractivity contribution < 1.29 is 22.8 Å². The van der Waals surface area contributed by atoms with Gasteiger partial charge in [0.15, 0.2) is 0 Å². The predicted octanol–water partition coefficient (Wildman–Crippen LogP) is 4.74. The fraction of sp³-hybridized carbons (Fsp3) is 0.263. The van der Waals surface area contributed by atoms with Crippen molar-refractivity contribution in [2.45, 2.75) is 32.4 Å². The fourth-order valence-corrected chi connectivity index (χ4v) is 2.21. The number of anilines is 2. The van der Waals surface area contributed by atoms with E-state index in [1.807, 2.05) is 32.9 Å². The first kappa shape index (κ1) is 19.5. The van der Waals surface area contributed by atoms with Crippen molar-refractivity contribution in [1.82, 2.24) is 0 Å². The maximum Gasteiger partial charge on any atom is 0.471 e. The van der Waals surface area contributed by atoms with Gasteiger partial charge in [-0.3, -0.25) is 9.59 Å². The van der Waals surface area contributed by atoms with E-state index < -0.39 is 18.0 Å². The number of benzene rings is 2. The van der Waals surface area contributed by atoms with Gasteiger partial charge in [-0.1, -0.05) is 45.0 Å². The molecule has 0 fully saturated rings. The highest BCUT2D eigenvalue weighted by atomic mass is 19.4. The molecule has 0 heterocycles. The molecule has 0 spiro atoms. The van der Waals surface area contributed by atoms with Crippen LogP contribution in [0.15, 0.2) is 48.5 Å². The van der Waals surface area contributed by atoms with E-state index >= 15 is 0 Å². The molecule has 2 aromatic rings. The molecule has 0 aliphatic heterocycles. The Morgan fingerprint density at radius 3 is 1.77 bits per heavy atom. The first-order valence-electron chi connectivity index (χ1n) is 7.87. The Morgan fingerprint density at radius 1 is 0.808 bits per heavy atom. The molecule has 26 heavy (non-hydrogen) atoms. The average Bonchev–Trinajstić information content (AvgIpc) is 2.55. The quantitative estimate of drug-likeness (QED) is 0.827. The van der Waals surface area contributed by atoms with Crippen LogP contribution in [0.25, 0.3) is 0 Å². The lowest BCUT2D eigenvalue weighted by Gasteiger charge is -2.19. The summed E-state index contributed by atoms with van der Waals surface area (Å²) in [6.45, 7) is 6.13. The highest BCUT2D eigenvalue weighted by Gasteiger charge is 2.39. The molecule has 0 aromatic heterocycles. The number of halogens is 3. The second kappa shape index (κ2) is 7.19. The van der Waals surface area contributed by atoms with Crippen LogP contribution in [0.3, 0.4) is 0 Å². The zero-order chi connectivity index (χ0) is 19.5. The van der Waals surface area contributed by atoms with Crippen molar-refractivity contribution in [1.29, 1.82) is 0 Å². The lowest BCUT2D eigenvalue weighted by atomic mass is 9.87. The van der Waals surface area contributed by atoms with Crippen LogP contribution >= 0.6 is 0 Å². The van der Waals surface area contributed by atoms with E-state index in [9.17, 15) is 22.8 Å². The molecule has 2 N–H and O–H groups in total. The minimum Gasteiger partial charge on any atom is -0.320 e. The Balaban J connectivity index is 2.18. The van der Waals surface area contributed by atoms with E-state index in [1.54, 1.807) is 23.5 Å². The van der Waals surface area contributed by atoms with Crippen LogP contribution in [-0.2, 0) is 10.2 Å². The summed E-state index contributed by atoms with van der Waals surface area (Å²) in [7, 11) is 0. The van der Waals surface area contributed by atoms with Gasteiger partial charge in [0.25, 0.3) is 5.91 Å². The molecule has 138 valence electrons. The van der Waals surface area contributed by atoms with Crippen molar-refractivity contribution in [2.24, 2.45) is 0 Å². The zero-order valence-corrected chi connectivity index (χ0v) is 14.6. The Hall–Kier alpha value is -2.83. The molecular formula is C19H19F3N2O2. The SMILES string of the molecule is CC(C)(C)c1ccc(C(=O)Nc2ccccc2NC(=O)C(F)(F)F)cc1. The Morgan fingerprint density at radius 2 is 1.31 bits per heavy atom. The number of hydrogen-bond donors (Lipinski definition) is 2. The molecule has 0 bridgehead atoms. The first-order chi connectivity index (χ1) is 12.0. The minimum atomic E-state index is -5.01. The monoisotopic (exact) mass is 364 g/mol. The van der Waals surface area contributed by atoms with Crippen LogP contribution in [0.5, 0.6) is 0 Å². The molecule has 0 saturated heterocycles. The second-order valence-corrected chi connectivity index (χ2v) is 6.78. The fourth-order valence-electron chi connectivity index (χ4n) is 2.21. The Bertz CT molecular complexity index is 807. The number of hydrogen-bond acceptors (Lipinski definition) is 2. The van der Waals surface area contributed by atoms with E-state index in [2.05, 4.69) is 5.32 Å². The Labute approximate surface area is 149 Å². The largest absolute Gasteiger partial charge is 0.471 e. The predicted molar refractivity (Wildman–Crippen MR) is 94.2 cm³/mol. The number of amides is 2. The summed E-state index contributed by atoms with van der Waals surface area (Å²) in [5, 5.41) is 4.28. The van der Waals surface area contributed by atoms with Crippen LogP contribution in [0, 0.1) is 0 Å². The van der Waals surface area contributed by atoms with Crippen LogP contribution in [-0.4, -0.2) is 18.0 Å². The summed E-state index contributed by atoms with van der Waals surface area (Å²) in [4.78, 5) is 23.5. The molecule has 0 saturated carbocycles. The number of para-hydroxylation sites is 2.